The number of hydrogen-bond acceptors (Lipinski definition) is 12. The van der Waals surface area contributed by atoms with Crippen molar-refractivity contribution in [1.29, 1.82) is 0 Å². The van der Waals surface area contributed by atoms with Crippen LogP contribution in [0.1, 0.15) is 18.9 Å². The Hall–Kier alpha value is -4.79. The van der Waals surface area contributed by atoms with Gasteiger partial charge in [0.15, 0.2) is 23.5 Å². The fourth-order valence-electron chi connectivity index (χ4n) is 5.04. The number of esters is 1. The fraction of sp³-hybridized carbons (Fsp3) is 0.323. The Balaban J connectivity index is 1.43. The van der Waals surface area contributed by atoms with E-state index in [4.69, 9.17) is 23.3 Å². The number of ketones is 1. The van der Waals surface area contributed by atoms with E-state index in [0.29, 0.717) is 10.9 Å². The first kappa shape index (κ1) is 34.5. The number of azide groups is 1. The lowest BCUT2D eigenvalue weighted by molar-refractivity contribution is -0.159. The number of benzene rings is 3. The molecular weight excluding hydrogens is 649 g/mol. The zero-order valence-electron chi connectivity index (χ0n) is 25.7. The van der Waals surface area contributed by atoms with Crippen molar-refractivity contribution in [2.45, 2.75) is 50.2 Å². The summed E-state index contributed by atoms with van der Waals surface area (Å²) in [5, 5.41) is 29.3. The van der Waals surface area contributed by atoms with Crippen LogP contribution in [0.3, 0.4) is 0 Å². The second kappa shape index (κ2) is 14.5. The number of carbonyl (C=O) groups is 3. The normalized spacial score (nSPS) is 24.1. The highest BCUT2D eigenvalue weighted by atomic mass is 31.2. The van der Waals surface area contributed by atoms with Crippen molar-refractivity contribution >= 4 is 36.2 Å². The largest absolute Gasteiger partial charge is 0.493 e. The van der Waals surface area contributed by atoms with Crippen molar-refractivity contribution in [2.75, 3.05) is 13.7 Å². The van der Waals surface area contributed by atoms with E-state index in [1.807, 2.05) is 12.1 Å². The van der Waals surface area contributed by atoms with E-state index < -0.39 is 68.6 Å². The van der Waals surface area contributed by atoms with Gasteiger partial charge >= 0.3 is 13.7 Å². The minimum absolute atomic E-state index is 0.0609. The van der Waals surface area contributed by atoms with Gasteiger partial charge in [0.25, 0.3) is 0 Å². The molecule has 0 spiro atoms. The summed E-state index contributed by atoms with van der Waals surface area (Å²) in [5.74, 6) is -1.97. The zero-order chi connectivity index (χ0) is 34.5. The molecular formula is C31H32N5O11P. The number of methoxy groups -OCH3 is 1. The molecule has 0 radical (unpaired) electrons. The molecule has 3 aromatic carbocycles. The lowest BCUT2D eigenvalue weighted by atomic mass is 10.1. The van der Waals surface area contributed by atoms with Gasteiger partial charge in [-0.3, -0.25) is 23.8 Å². The fourth-order valence-corrected chi connectivity index (χ4v) is 6.56. The SMILES string of the molecule is COc1cc2ccccc2cc1OP(=O)(N[C@@H](C)C(=O)OCc1ccccc1)OC[C@@]1(N=[N+]=[N-])O[C@@H](N2C=CC(=O)CC2=O)[C@H](O)[C@@H]1O. The molecule has 0 saturated carbocycles. The number of carbonyl (C=O) groups excluding carboxylic acids is 3. The van der Waals surface area contributed by atoms with E-state index in [0.717, 1.165) is 22.6 Å². The summed E-state index contributed by atoms with van der Waals surface area (Å²) < 4.78 is 42.6. The standard InChI is InChI=1S/C31H32N5O11P/c1-19(30(41)44-17-20-8-4-3-5-9-20)33-48(42,47-25-15-22-11-7-6-10-21(22)14-24(25)43-2)45-18-31(34-35-32)28(40)27(39)29(46-31)36-13-12-23(37)16-26(36)38/h3-15,19,27-29,39-40H,16-18H2,1-2H3,(H,33,42)/t19-,27+,28-,29+,31+,48?/m0/s1. The Morgan fingerprint density at radius 2 is 1.81 bits per heavy atom. The van der Waals surface area contributed by atoms with Gasteiger partial charge in [-0.25, -0.2) is 4.57 Å². The topological polar surface area (TPSA) is 219 Å². The van der Waals surface area contributed by atoms with Gasteiger partial charge in [-0.15, -0.1) is 0 Å². The third-order valence-corrected chi connectivity index (χ3v) is 9.16. The van der Waals surface area contributed by atoms with Crippen molar-refractivity contribution in [2.24, 2.45) is 5.11 Å². The van der Waals surface area contributed by atoms with E-state index in [2.05, 4.69) is 15.1 Å². The smallest absolute Gasteiger partial charge is 0.459 e. The van der Waals surface area contributed by atoms with Gasteiger partial charge < -0.3 is 28.9 Å². The lowest BCUT2D eigenvalue weighted by Crippen LogP contribution is -2.46. The van der Waals surface area contributed by atoms with Crippen LogP contribution in [0.5, 0.6) is 11.5 Å². The van der Waals surface area contributed by atoms with Gasteiger partial charge in [0.2, 0.25) is 11.6 Å². The maximum atomic E-state index is 14.5. The minimum Gasteiger partial charge on any atom is -0.493 e. The Kier molecular flexibility index (Phi) is 10.5. The molecule has 1 amide bonds. The molecule has 0 aromatic heterocycles. The first-order valence-corrected chi connectivity index (χ1v) is 16.1. The Labute approximate surface area is 274 Å². The third-order valence-electron chi connectivity index (χ3n) is 7.55. The molecule has 48 heavy (non-hydrogen) atoms. The number of aliphatic hydroxyl groups is 2. The second-order valence-electron chi connectivity index (χ2n) is 10.9. The predicted molar refractivity (Wildman–Crippen MR) is 168 cm³/mol. The van der Waals surface area contributed by atoms with Crippen LogP contribution in [0.25, 0.3) is 21.2 Å². The molecule has 1 fully saturated rings. The van der Waals surface area contributed by atoms with E-state index in [1.54, 1.807) is 48.5 Å². The maximum Gasteiger partial charge on any atom is 0.459 e. The number of nitrogens with one attached hydrogen (secondary N) is 1. The van der Waals surface area contributed by atoms with Crippen LogP contribution in [0.2, 0.25) is 0 Å². The number of nitrogens with zero attached hydrogens (tertiary/aromatic N) is 4. The highest BCUT2D eigenvalue weighted by molar-refractivity contribution is 7.52. The number of hydrogen-bond donors (Lipinski definition) is 3. The molecule has 0 bridgehead atoms. The van der Waals surface area contributed by atoms with Crippen molar-refractivity contribution in [3.05, 3.63) is 95.0 Å². The first-order valence-electron chi connectivity index (χ1n) is 14.6. The maximum absolute atomic E-state index is 14.5. The van der Waals surface area contributed by atoms with Crippen LogP contribution in [-0.4, -0.2) is 76.7 Å². The molecule has 17 heteroatoms. The van der Waals surface area contributed by atoms with Crippen LogP contribution in [0, 0.1) is 0 Å². The van der Waals surface area contributed by atoms with Crippen molar-refractivity contribution in [3.63, 3.8) is 0 Å². The predicted octanol–water partition coefficient (Wildman–Crippen LogP) is 3.47. The van der Waals surface area contributed by atoms with Crippen molar-refractivity contribution < 1.29 is 52.4 Å². The summed E-state index contributed by atoms with van der Waals surface area (Å²) in [6, 6.07) is 17.9. The van der Waals surface area contributed by atoms with Gasteiger partial charge in [-0.1, -0.05) is 59.7 Å². The molecule has 1 unspecified atom stereocenters. The van der Waals surface area contributed by atoms with Gasteiger partial charge in [0, 0.05) is 11.1 Å². The number of rotatable bonds is 13. The minimum atomic E-state index is -4.73. The van der Waals surface area contributed by atoms with Crippen molar-refractivity contribution in [3.8, 4) is 11.5 Å². The van der Waals surface area contributed by atoms with E-state index in [9.17, 15) is 34.7 Å². The van der Waals surface area contributed by atoms with E-state index in [-0.39, 0.29) is 18.1 Å². The molecule has 252 valence electrons. The van der Waals surface area contributed by atoms with Crippen LogP contribution in [0.15, 0.2) is 84.1 Å². The second-order valence-corrected chi connectivity index (χ2v) is 12.6. The van der Waals surface area contributed by atoms with Crippen LogP contribution < -0.4 is 14.3 Å². The summed E-state index contributed by atoms with van der Waals surface area (Å²) in [7, 11) is -3.36. The van der Waals surface area contributed by atoms with E-state index in [1.165, 1.54) is 20.1 Å². The molecule has 0 aliphatic carbocycles. The highest BCUT2D eigenvalue weighted by Crippen LogP contribution is 2.50. The Bertz CT molecular complexity index is 1820. The molecule has 3 aromatic rings. The zero-order valence-corrected chi connectivity index (χ0v) is 26.6. The van der Waals surface area contributed by atoms with Crippen LogP contribution in [-0.2, 0) is 39.6 Å². The van der Waals surface area contributed by atoms with E-state index >= 15 is 0 Å². The number of ether oxygens (including phenoxy) is 3. The number of fused-ring (bicyclic) bond motifs is 1. The monoisotopic (exact) mass is 681 g/mol. The van der Waals surface area contributed by atoms with Gasteiger partial charge in [0.1, 0.15) is 24.9 Å². The Morgan fingerprint density at radius 1 is 1.15 bits per heavy atom. The molecule has 2 aliphatic heterocycles. The number of amides is 1. The average molecular weight is 682 g/mol. The molecule has 3 N–H and O–H groups in total. The van der Waals surface area contributed by atoms with Gasteiger partial charge in [-0.2, -0.15) is 5.09 Å². The molecule has 16 nitrogen and oxygen atoms in total. The third kappa shape index (κ3) is 7.51. The average Bonchev–Trinajstić information content (AvgIpc) is 3.31. The molecule has 6 atom stereocenters. The van der Waals surface area contributed by atoms with Gasteiger partial charge in [-0.05, 0) is 47.0 Å². The lowest BCUT2D eigenvalue weighted by Gasteiger charge is -2.31. The molecule has 1 saturated heterocycles. The molecule has 2 heterocycles. The first-order chi connectivity index (χ1) is 23.0. The summed E-state index contributed by atoms with van der Waals surface area (Å²) in [4.78, 5) is 40.7. The summed E-state index contributed by atoms with van der Waals surface area (Å²) in [5.41, 5.74) is 7.63. The number of aliphatic hydroxyl groups excluding tert-OH is 2. The van der Waals surface area contributed by atoms with Crippen LogP contribution in [0.4, 0.5) is 0 Å². The van der Waals surface area contributed by atoms with Gasteiger partial charge in [0.05, 0.1) is 20.1 Å². The summed E-state index contributed by atoms with van der Waals surface area (Å²) >= 11 is 0. The Morgan fingerprint density at radius 3 is 2.46 bits per heavy atom. The van der Waals surface area contributed by atoms with Crippen LogP contribution >= 0.6 is 7.75 Å². The molecule has 5 rings (SSSR count). The summed E-state index contributed by atoms with van der Waals surface area (Å²) in [6.45, 7) is 0.261. The molecule has 2 aliphatic rings. The quantitative estimate of drug-likeness (QED) is 0.0590. The number of allylic oxidation sites excluding steroid dienone is 1. The van der Waals surface area contributed by atoms with Crippen molar-refractivity contribution in [1.82, 2.24) is 9.99 Å². The highest BCUT2D eigenvalue weighted by Gasteiger charge is 2.58. The summed E-state index contributed by atoms with van der Waals surface area (Å²) in [6.07, 6.45) is -3.88.